The van der Waals surface area contributed by atoms with E-state index in [1.165, 1.54) is 17.1 Å². The molecule has 284 valence electrons. The van der Waals surface area contributed by atoms with Gasteiger partial charge in [-0.3, -0.25) is 33.8 Å². The van der Waals surface area contributed by atoms with Crippen LogP contribution in [-0.2, 0) is 28.8 Å². The number of anilines is 1. The summed E-state index contributed by atoms with van der Waals surface area (Å²) in [5.74, 6) is -8.17. The number of piperidine rings is 1. The topological polar surface area (TPSA) is 300 Å². The average Bonchev–Trinajstić information content (AvgIpc) is 3.86. The molecule has 3 saturated heterocycles. The first kappa shape index (κ1) is 36.6. The molecule has 0 aliphatic carbocycles. The number of nitrogens with zero attached hydrogens (tertiary/aromatic N) is 5. The van der Waals surface area contributed by atoms with Crippen molar-refractivity contribution in [2.45, 2.75) is 36.8 Å². The third-order valence-corrected chi connectivity index (χ3v) is 12.4. The number of β-lactam (4-membered cyclic amide) rings is 1. The highest BCUT2D eigenvalue weighted by atomic mass is 32.2. The van der Waals surface area contributed by atoms with Gasteiger partial charge in [-0.05, 0) is 12.1 Å². The number of aromatic hydroxyl groups is 2. The van der Waals surface area contributed by atoms with Gasteiger partial charge in [0.05, 0.1) is 37.2 Å². The summed E-state index contributed by atoms with van der Waals surface area (Å²) < 4.78 is 0.486. The second-order valence-corrected chi connectivity index (χ2v) is 15.8. The lowest BCUT2D eigenvalue weighted by molar-refractivity contribution is -0.905. The minimum Gasteiger partial charge on any atom is -0.504 e. The third-order valence-electron chi connectivity index (χ3n) is 10.4. The van der Waals surface area contributed by atoms with Gasteiger partial charge in [0.25, 0.3) is 23.6 Å². The van der Waals surface area contributed by atoms with E-state index in [4.69, 9.17) is 15.7 Å². The minimum atomic E-state index is -1.95. The summed E-state index contributed by atoms with van der Waals surface area (Å²) in [6, 6.07) is 0.940. The fourth-order valence-corrected chi connectivity index (χ4v) is 9.78. The number of benzene rings is 1. The molecule has 20 nitrogen and oxygen atoms in total. The number of nitrogens with two attached hydrogens (primary N) is 1. The highest BCUT2D eigenvalue weighted by Gasteiger charge is 2.60. The number of carboxylic acid groups (broad SMARTS) is 3. The standard InChI is InChI=1S/C32H31N7O13S2/c33-31-34-16(10-54-31)21(36-52-19(29(48)49)7-20(42)43)24(44)35-22-27(47)38-23(30(50)51)13(9-53-28(22)38)8-39-3-1-32(12-39,2-4-39)11-37-25(45)14-5-17(40)18(41)6-15(14)26(37)46/h5-6,10,19,22,28H,1-4,7-9,11-12H2,(H7-,33,34,35,36,40,41,42,43,44,45,46,48,49,50,51)/p+1/t19-,22+,28+,32?,39?/m0/s1. The van der Waals surface area contributed by atoms with Gasteiger partial charge in [0.15, 0.2) is 22.3 Å². The Morgan fingerprint density at radius 3 is 2.28 bits per heavy atom. The van der Waals surface area contributed by atoms with Gasteiger partial charge in [0, 0.05) is 41.5 Å². The molecule has 4 amide bonds. The van der Waals surface area contributed by atoms with Crippen LogP contribution in [0.3, 0.4) is 0 Å². The number of oxime groups is 1. The molecule has 0 saturated carbocycles. The summed E-state index contributed by atoms with van der Waals surface area (Å²) in [7, 11) is 0. The molecule has 54 heavy (non-hydrogen) atoms. The Labute approximate surface area is 312 Å². The van der Waals surface area contributed by atoms with E-state index < -0.39 is 88.1 Å². The van der Waals surface area contributed by atoms with E-state index in [1.807, 2.05) is 0 Å². The Kier molecular flexibility index (Phi) is 9.01. The predicted octanol–water partition coefficient (Wildman–Crippen LogP) is -0.569. The molecule has 5 aliphatic rings. The number of quaternary nitrogens is 1. The molecule has 22 heteroatoms. The maximum atomic E-state index is 13.5. The Balaban J connectivity index is 1.05. The zero-order chi connectivity index (χ0) is 38.9. The molecular formula is C32H32N7O13S2+. The number of imide groups is 1. The van der Waals surface area contributed by atoms with Gasteiger partial charge in [-0.15, -0.1) is 23.1 Å². The molecule has 0 radical (unpaired) electrons. The van der Waals surface area contributed by atoms with E-state index in [2.05, 4.69) is 15.5 Å². The summed E-state index contributed by atoms with van der Waals surface area (Å²) >= 11 is 2.16. The number of fused-ring (bicyclic) bond motifs is 4. The number of phenolic OH excluding ortho intramolecular Hbond substituents is 2. The lowest BCUT2D eigenvalue weighted by Gasteiger charge is -2.50. The van der Waals surface area contributed by atoms with Gasteiger partial charge in [-0.25, -0.2) is 14.6 Å². The second kappa shape index (κ2) is 13.3. The number of carbonyl (C=O) groups excluding carboxylic acids is 4. The van der Waals surface area contributed by atoms with E-state index in [9.17, 15) is 54.0 Å². The fourth-order valence-electron chi connectivity index (χ4n) is 7.89. The number of hydrogen-bond acceptors (Lipinski definition) is 15. The molecular weight excluding hydrogens is 755 g/mol. The maximum absolute atomic E-state index is 13.5. The number of nitrogen functional groups attached to an aromatic ring is 1. The molecule has 5 aliphatic heterocycles. The molecule has 8 N–H and O–H groups in total. The van der Waals surface area contributed by atoms with E-state index in [1.54, 1.807) is 0 Å². The number of thiazole rings is 1. The number of nitrogens with one attached hydrogen (secondary N) is 1. The number of amides is 4. The van der Waals surface area contributed by atoms with Crippen LogP contribution in [-0.4, -0.2) is 148 Å². The van der Waals surface area contributed by atoms with Crippen molar-refractivity contribution in [2.24, 2.45) is 10.6 Å². The van der Waals surface area contributed by atoms with Crippen LogP contribution < -0.4 is 11.1 Å². The van der Waals surface area contributed by atoms with Crippen molar-refractivity contribution in [1.29, 1.82) is 0 Å². The van der Waals surface area contributed by atoms with Crippen molar-refractivity contribution in [2.75, 3.05) is 44.2 Å². The zero-order valence-corrected chi connectivity index (χ0v) is 29.6. The van der Waals surface area contributed by atoms with E-state index >= 15 is 0 Å². The lowest BCUT2D eigenvalue weighted by atomic mass is 9.84. The molecule has 3 atom stereocenters. The Bertz CT molecular complexity index is 2070. The SMILES string of the molecule is Nc1nc(/C(=N/O[C@@H](CC(=O)O)C(=O)O)C(=O)N[C@@H]2C(=O)N3C(C(=O)O)=C(C[N+]45CCC(CN6C(=O)c7cc(O)c(O)cc7C6=O)(CC4)C5)CS[C@H]23)cs1. The number of phenols is 2. The van der Waals surface area contributed by atoms with Crippen LogP contribution in [0.15, 0.2) is 33.9 Å². The van der Waals surface area contributed by atoms with Gasteiger partial charge >= 0.3 is 17.9 Å². The molecule has 0 unspecified atom stereocenters. The molecule has 0 spiro atoms. The normalized spacial score (nSPS) is 26.4. The van der Waals surface area contributed by atoms with Gasteiger partial charge in [0.2, 0.25) is 6.10 Å². The number of rotatable bonds is 13. The van der Waals surface area contributed by atoms with Crippen LogP contribution in [0.5, 0.6) is 11.5 Å². The Morgan fingerprint density at radius 1 is 1.07 bits per heavy atom. The quantitative estimate of drug-likeness (QED) is 0.0334. The molecule has 6 heterocycles. The number of carbonyl (C=O) groups is 7. The van der Waals surface area contributed by atoms with E-state index in [0.717, 1.165) is 33.3 Å². The molecule has 2 aromatic rings. The summed E-state index contributed by atoms with van der Waals surface area (Å²) in [6.45, 7) is 2.25. The van der Waals surface area contributed by atoms with Crippen molar-refractivity contribution < 1.29 is 68.4 Å². The highest BCUT2D eigenvalue weighted by Crippen LogP contribution is 2.49. The number of aromatic nitrogens is 1. The van der Waals surface area contributed by atoms with Crippen LogP contribution in [0.1, 0.15) is 45.7 Å². The van der Waals surface area contributed by atoms with Gasteiger partial charge in [-0.2, -0.15) is 0 Å². The van der Waals surface area contributed by atoms with Crippen LogP contribution >= 0.6 is 23.1 Å². The van der Waals surface area contributed by atoms with Gasteiger partial charge in [0.1, 0.15) is 29.4 Å². The summed E-state index contributed by atoms with van der Waals surface area (Å²) in [5.41, 5.74) is 4.87. The number of carboxylic acids is 3. The van der Waals surface area contributed by atoms with E-state index in [0.29, 0.717) is 49.1 Å². The number of thioether (sulfide) groups is 1. The predicted molar refractivity (Wildman–Crippen MR) is 184 cm³/mol. The highest BCUT2D eigenvalue weighted by molar-refractivity contribution is 8.00. The van der Waals surface area contributed by atoms with Gasteiger partial charge in [-0.1, -0.05) is 5.16 Å². The van der Waals surface area contributed by atoms with Crippen molar-refractivity contribution in [3.63, 3.8) is 0 Å². The average molecular weight is 787 g/mol. The summed E-state index contributed by atoms with van der Waals surface area (Å²) in [5, 5.41) is 55.0. The van der Waals surface area contributed by atoms with E-state index in [-0.39, 0.29) is 39.9 Å². The molecule has 2 bridgehead atoms. The second-order valence-electron chi connectivity index (χ2n) is 13.8. The van der Waals surface area contributed by atoms with Crippen molar-refractivity contribution in [3.05, 3.63) is 45.6 Å². The smallest absolute Gasteiger partial charge is 0.352 e. The van der Waals surface area contributed by atoms with Crippen molar-refractivity contribution in [3.8, 4) is 11.5 Å². The largest absolute Gasteiger partial charge is 0.504 e. The molecule has 1 aromatic heterocycles. The first-order chi connectivity index (χ1) is 25.5. The Morgan fingerprint density at radius 2 is 1.72 bits per heavy atom. The lowest BCUT2D eigenvalue weighted by Crippen LogP contribution is -2.71. The number of aliphatic carboxylic acids is 3. The molecule has 3 fully saturated rings. The molecule has 1 aromatic carbocycles. The van der Waals surface area contributed by atoms with Gasteiger partial charge < -0.3 is 45.9 Å². The van der Waals surface area contributed by atoms with Crippen molar-refractivity contribution in [1.82, 2.24) is 20.1 Å². The van der Waals surface area contributed by atoms with Crippen LogP contribution in [0.4, 0.5) is 5.13 Å². The summed E-state index contributed by atoms with van der Waals surface area (Å²) in [6.07, 6.45) is -1.62. The number of hydrogen-bond donors (Lipinski definition) is 7. The summed E-state index contributed by atoms with van der Waals surface area (Å²) in [4.78, 5) is 99.6. The monoisotopic (exact) mass is 786 g/mol. The molecule has 7 rings (SSSR count). The fraction of sp³-hybridized carbons (Fsp3) is 0.406. The van der Waals surface area contributed by atoms with Crippen LogP contribution in [0.2, 0.25) is 0 Å². The third kappa shape index (κ3) is 6.24. The van der Waals surface area contributed by atoms with Crippen molar-refractivity contribution >= 4 is 75.5 Å². The first-order valence-electron chi connectivity index (χ1n) is 16.4. The zero-order valence-electron chi connectivity index (χ0n) is 28.0. The minimum absolute atomic E-state index is 0.00873. The maximum Gasteiger partial charge on any atom is 0.352 e. The Hall–Kier alpha value is -5.74. The van der Waals surface area contributed by atoms with Crippen LogP contribution in [0, 0.1) is 5.41 Å². The van der Waals surface area contributed by atoms with Crippen LogP contribution in [0.25, 0.3) is 0 Å². The first-order valence-corrected chi connectivity index (χ1v) is 18.3.